The summed E-state index contributed by atoms with van der Waals surface area (Å²) in [6, 6.07) is 17.4. The molecule has 0 aliphatic carbocycles. The number of fused-ring (bicyclic) bond motifs is 1. The Morgan fingerprint density at radius 3 is 2.17 bits per heavy atom. The highest BCUT2D eigenvalue weighted by atomic mass is 35.5. The van der Waals surface area contributed by atoms with Gasteiger partial charge < -0.3 is 18.8 Å². The summed E-state index contributed by atoms with van der Waals surface area (Å²) >= 11 is 12.3. The van der Waals surface area contributed by atoms with E-state index < -0.39 is 0 Å². The van der Waals surface area contributed by atoms with Crippen LogP contribution in [0.3, 0.4) is 0 Å². The summed E-state index contributed by atoms with van der Waals surface area (Å²) in [5.74, 6) is 2.46. The largest absolute Gasteiger partial charge is 0.493 e. The van der Waals surface area contributed by atoms with E-state index in [4.69, 9.17) is 42.4 Å². The third kappa shape index (κ3) is 3.66. The number of hydrogen-bond donors (Lipinski definition) is 0. The van der Waals surface area contributed by atoms with Crippen molar-refractivity contribution < 1.29 is 14.2 Å². The van der Waals surface area contributed by atoms with Crippen LogP contribution < -0.4 is 14.2 Å². The van der Waals surface area contributed by atoms with Gasteiger partial charge in [0.2, 0.25) is 5.75 Å². The van der Waals surface area contributed by atoms with Gasteiger partial charge in [-0.15, -0.1) is 0 Å². The van der Waals surface area contributed by atoms with Gasteiger partial charge in [0, 0.05) is 12.1 Å². The van der Waals surface area contributed by atoms with Gasteiger partial charge in [-0.1, -0.05) is 41.4 Å². The van der Waals surface area contributed by atoms with Crippen LogP contribution in [0.25, 0.3) is 22.4 Å². The van der Waals surface area contributed by atoms with E-state index >= 15 is 0 Å². The van der Waals surface area contributed by atoms with E-state index in [0.29, 0.717) is 33.8 Å². The average Bonchev–Trinajstić information content (AvgIpc) is 3.13. The van der Waals surface area contributed by atoms with Crippen molar-refractivity contribution in [1.82, 2.24) is 9.55 Å². The second kappa shape index (κ2) is 8.46. The second-order valence-electron chi connectivity index (χ2n) is 6.67. The number of aromatic nitrogens is 2. The first kappa shape index (κ1) is 20.4. The predicted molar refractivity (Wildman–Crippen MR) is 120 cm³/mol. The summed E-state index contributed by atoms with van der Waals surface area (Å²) in [6.07, 6.45) is 0. The molecular formula is C23H20Cl2N2O3. The number of imidazole rings is 1. The Kier molecular flexibility index (Phi) is 5.75. The Bertz CT molecular complexity index is 1200. The van der Waals surface area contributed by atoms with Crippen LogP contribution >= 0.6 is 23.2 Å². The van der Waals surface area contributed by atoms with E-state index in [-0.39, 0.29) is 0 Å². The van der Waals surface area contributed by atoms with Gasteiger partial charge in [0.25, 0.3) is 0 Å². The van der Waals surface area contributed by atoms with E-state index in [1.54, 1.807) is 27.4 Å². The number of hydrogen-bond acceptors (Lipinski definition) is 4. The molecule has 30 heavy (non-hydrogen) atoms. The molecule has 1 aromatic heterocycles. The van der Waals surface area contributed by atoms with E-state index in [9.17, 15) is 0 Å². The Hall–Kier alpha value is -2.89. The van der Waals surface area contributed by atoms with Gasteiger partial charge in [-0.3, -0.25) is 0 Å². The molecule has 0 saturated heterocycles. The van der Waals surface area contributed by atoms with Crippen LogP contribution in [0.2, 0.25) is 10.0 Å². The van der Waals surface area contributed by atoms with E-state index in [2.05, 4.69) is 4.57 Å². The Balaban J connectivity index is 1.91. The van der Waals surface area contributed by atoms with Crippen LogP contribution in [0.5, 0.6) is 17.2 Å². The van der Waals surface area contributed by atoms with Crippen LogP contribution in [-0.2, 0) is 6.54 Å². The van der Waals surface area contributed by atoms with Crippen molar-refractivity contribution in [2.24, 2.45) is 0 Å². The van der Waals surface area contributed by atoms with Gasteiger partial charge in [-0.2, -0.15) is 0 Å². The molecule has 154 valence electrons. The fourth-order valence-electron chi connectivity index (χ4n) is 3.49. The normalized spacial score (nSPS) is 11.0. The molecule has 3 aromatic carbocycles. The lowest BCUT2D eigenvalue weighted by Gasteiger charge is -2.15. The molecule has 0 unspecified atom stereocenters. The summed E-state index contributed by atoms with van der Waals surface area (Å²) in [4.78, 5) is 4.88. The molecule has 4 rings (SSSR count). The van der Waals surface area contributed by atoms with Crippen molar-refractivity contribution in [2.75, 3.05) is 21.3 Å². The van der Waals surface area contributed by atoms with Gasteiger partial charge in [0.15, 0.2) is 11.5 Å². The first-order valence-corrected chi connectivity index (χ1v) is 10.0. The predicted octanol–water partition coefficient (Wildman–Crippen LogP) is 6.08. The zero-order chi connectivity index (χ0) is 21.3. The maximum absolute atomic E-state index is 6.24. The van der Waals surface area contributed by atoms with Crippen molar-refractivity contribution >= 4 is 34.2 Å². The highest BCUT2D eigenvalue weighted by molar-refractivity contribution is 6.42. The summed E-state index contributed by atoms with van der Waals surface area (Å²) in [5, 5.41) is 1.05. The van der Waals surface area contributed by atoms with Crippen molar-refractivity contribution in [2.45, 2.75) is 6.54 Å². The fraction of sp³-hybridized carbons (Fsp3) is 0.174. The van der Waals surface area contributed by atoms with Gasteiger partial charge >= 0.3 is 0 Å². The van der Waals surface area contributed by atoms with Gasteiger partial charge in [-0.25, -0.2) is 4.98 Å². The van der Waals surface area contributed by atoms with Crippen LogP contribution in [-0.4, -0.2) is 30.9 Å². The highest BCUT2D eigenvalue weighted by Gasteiger charge is 2.19. The smallest absolute Gasteiger partial charge is 0.203 e. The number of ether oxygens (including phenoxy) is 3. The molecule has 0 amide bonds. The van der Waals surface area contributed by atoms with Gasteiger partial charge in [0.1, 0.15) is 5.82 Å². The van der Waals surface area contributed by atoms with Crippen LogP contribution in [0, 0.1) is 0 Å². The molecule has 7 heteroatoms. The summed E-state index contributed by atoms with van der Waals surface area (Å²) < 4.78 is 18.6. The molecule has 0 N–H and O–H groups in total. The summed E-state index contributed by atoms with van der Waals surface area (Å²) in [6.45, 7) is 0.573. The number of rotatable bonds is 6. The molecule has 0 aliphatic heterocycles. The lowest BCUT2D eigenvalue weighted by Crippen LogP contribution is -2.03. The molecule has 0 bridgehead atoms. The monoisotopic (exact) mass is 442 g/mol. The van der Waals surface area contributed by atoms with Gasteiger partial charge in [0.05, 0.1) is 42.4 Å². The van der Waals surface area contributed by atoms with Crippen molar-refractivity contribution in [3.8, 4) is 28.6 Å². The van der Waals surface area contributed by atoms with E-state index in [1.807, 2.05) is 48.5 Å². The zero-order valence-corrected chi connectivity index (χ0v) is 18.3. The van der Waals surface area contributed by atoms with Gasteiger partial charge in [-0.05, 0) is 42.0 Å². The maximum Gasteiger partial charge on any atom is 0.203 e. The lowest BCUT2D eigenvalue weighted by molar-refractivity contribution is 0.324. The number of para-hydroxylation sites is 2. The molecule has 0 saturated carbocycles. The van der Waals surface area contributed by atoms with Crippen molar-refractivity contribution in [1.29, 1.82) is 0 Å². The van der Waals surface area contributed by atoms with E-state index in [0.717, 1.165) is 28.0 Å². The van der Waals surface area contributed by atoms with Crippen LogP contribution in [0.4, 0.5) is 0 Å². The standard InChI is InChI=1S/C23H20Cl2N2O3/c1-28-20-11-15(12-21(29-2)22(20)30-3)23-26-18-6-4-5-7-19(18)27(23)13-14-8-9-16(24)17(25)10-14/h4-12H,13H2,1-3H3. The molecule has 0 fully saturated rings. The molecular weight excluding hydrogens is 423 g/mol. The quantitative estimate of drug-likeness (QED) is 0.362. The fourth-order valence-corrected chi connectivity index (χ4v) is 3.81. The Morgan fingerprint density at radius 1 is 0.833 bits per heavy atom. The zero-order valence-electron chi connectivity index (χ0n) is 16.8. The highest BCUT2D eigenvalue weighted by Crippen LogP contribution is 2.41. The molecule has 5 nitrogen and oxygen atoms in total. The number of benzene rings is 3. The lowest BCUT2D eigenvalue weighted by atomic mass is 10.1. The maximum atomic E-state index is 6.24. The molecule has 0 spiro atoms. The average molecular weight is 443 g/mol. The van der Waals surface area contributed by atoms with Crippen molar-refractivity contribution in [3.05, 3.63) is 70.2 Å². The number of methoxy groups -OCH3 is 3. The molecule has 0 aliphatic rings. The molecule has 1 heterocycles. The second-order valence-corrected chi connectivity index (χ2v) is 7.49. The minimum absolute atomic E-state index is 0.521. The molecule has 0 atom stereocenters. The first-order valence-electron chi connectivity index (χ1n) is 9.25. The minimum Gasteiger partial charge on any atom is -0.493 e. The molecule has 0 radical (unpaired) electrons. The summed E-state index contributed by atoms with van der Waals surface area (Å²) in [5.41, 5.74) is 3.76. The topological polar surface area (TPSA) is 45.5 Å². The number of halogens is 2. The minimum atomic E-state index is 0.521. The van der Waals surface area contributed by atoms with E-state index in [1.165, 1.54) is 0 Å². The Morgan fingerprint density at radius 2 is 1.53 bits per heavy atom. The van der Waals surface area contributed by atoms with Crippen LogP contribution in [0.15, 0.2) is 54.6 Å². The summed E-state index contributed by atoms with van der Waals surface area (Å²) in [7, 11) is 4.78. The Labute approximate surface area is 184 Å². The van der Waals surface area contributed by atoms with Crippen LogP contribution in [0.1, 0.15) is 5.56 Å². The number of nitrogens with zero attached hydrogens (tertiary/aromatic N) is 2. The molecule has 4 aromatic rings. The van der Waals surface area contributed by atoms with Crippen molar-refractivity contribution in [3.63, 3.8) is 0 Å². The first-order chi connectivity index (χ1) is 14.5. The SMILES string of the molecule is COc1cc(-c2nc3ccccc3n2Cc2ccc(Cl)c(Cl)c2)cc(OC)c1OC. The third-order valence-corrected chi connectivity index (χ3v) is 5.64. The third-order valence-electron chi connectivity index (χ3n) is 4.90.